The summed E-state index contributed by atoms with van der Waals surface area (Å²) >= 11 is 0. The number of nitrogens with one attached hydrogen (secondary N) is 1. The summed E-state index contributed by atoms with van der Waals surface area (Å²) in [5.74, 6) is -1.27. The molecule has 1 saturated heterocycles. The number of hydrogen-bond acceptors (Lipinski definition) is 4. The van der Waals surface area contributed by atoms with E-state index in [1.54, 1.807) is 0 Å². The number of rotatable bonds is 3. The molecule has 2 unspecified atom stereocenters. The van der Waals surface area contributed by atoms with Gasteiger partial charge in [0.2, 0.25) is 0 Å². The fourth-order valence-electron chi connectivity index (χ4n) is 2.18. The highest BCUT2D eigenvalue weighted by molar-refractivity contribution is 5.75. The Morgan fingerprint density at radius 3 is 2.50 bits per heavy atom. The van der Waals surface area contributed by atoms with Crippen molar-refractivity contribution < 1.29 is 19.4 Å². The molecule has 1 heterocycles. The van der Waals surface area contributed by atoms with Crippen molar-refractivity contribution in [3.8, 4) is 0 Å². The zero-order chi connectivity index (χ0) is 13.9. The van der Waals surface area contributed by atoms with Crippen LogP contribution in [0.15, 0.2) is 0 Å². The number of carbonyl (C=O) groups is 2. The van der Waals surface area contributed by atoms with Gasteiger partial charge in [-0.2, -0.15) is 0 Å². The molecule has 0 spiro atoms. The molecule has 1 aliphatic rings. The third kappa shape index (κ3) is 4.29. The smallest absolute Gasteiger partial charge is 0.320 e. The van der Waals surface area contributed by atoms with Gasteiger partial charge in [0.15, 0.2) is 0 Å². The van der Waals surface area contributed by atoms with E-state index in [2.05, 4.69) is 5.32 Å². The molecule has 2 N–H and O–H groups in total. The van der Waals surface area contributed by atoms with Crippen molar-refractivity contribution in [3.05, 3.63) is 0 Å². The molecule has 0 saturated carbocycles. The van der Waals surface area contributed by atoms with E-state index in [0.717, 1.165) is 6.42 Å². The number of carboxylic acids is 1. The molecule has 5 heteroatoms. The number of esters is 1. The summed E-state index contributed by atoms with van der Waals surface area (Å²) in [6, 6.07) is -0.548. The third-order valence-corrected chi connectivity index (χ3v) is 3.23. The molecule has 0 radical (unpaired) electrons. The molecule has 1 rings (SSSR count). The first kappa shape index (κ1) is 15.0. The van der Waals surface area contributed by atoms with E-state index < -0.39 is 17.6 Å². The molecule has 1 fully saturated rings. The van der Waals surface area contributed by atoms with E-state index in [-0.39, 0.29) is 17.8 Å². The zero-order valence-corrected chi connectivity index (χ0v) is 11.5. The largest absolute Gasteiger partial charge is 0.480 e. The van der Waals surface area contributed by atoms with Gasteiger partial charge >= 0.3 is 11.9 Å². The van der Waals surface area contributed by atoms with Gasteiger partial charge in [0.05, 0.1) is 5.92 Å². The van der Waals surface area contributed by atoms with Gasteiger partial charge in [-0.3, -0.25) is 9.59 Å². The van der Waals surface area contributed by atoms with Crippen molar-refractivity contribution in [1.29, 1.82) is 0 Å². The fourth-order valence-corrected chi connectivity index (χ4v) is 2.18. The maximum Gasteiger partial charge on any atom is 0.320 e. The molecule has 0 bridgehead atoms. The second-order valence-corrected chi connectivity index (χ2v) is 5.95. The number of piperidine rings is 1. The minimum absolute atomic E-state index is 0.0715. The van der Waals surface area contributed by atoms with Crippen LogP contribution in [0.25, 0.3) is 0 Å². The second kappa shape index (κ2) is 5.69. The molecular weight excluding hydrogens is 234 g/mol. The Labute approximate surface area is 108 Å². The van der Waals surface area contributed by atoms with E-state index in [4.69, 9.17) is 9.84 Å². The monoisotopic (exact) mass is 257 g/mol. The minimum atomic E-state index is -0.851. The van der Waals surface area contributed by atoms with E-state index in [9.17, 15) is 9.59 Å². The molecular formula is C13H23NO4. The first-order valence-electron chi connectivity index (χ1n) is 6.40. The third-order valence-electron chi connectivity index (χ3n) is 3.23. The van der Waals surface area contributed by atoms with Crippen LogP contribution >= 0.6 is 0 Å². The van der Waals surface area contributed by atoms with Crippen LogP contribution in [0, 0.1) is 11.8 Å². The lowest BCUT2D eigenvalue weighted by Crippen LogP contribution is -2.46. The van der Waals surface area contributed by atoms with E-state index >= 15 is 0 Å². The van der Waals surface area contributed by atoms with E-state index in [1.165, 1.54) is 0 Å². The number of carbonyl (C=O) groups excluding carboxylic acids is 1. The average Bonchev–Trinajstić information content (AvgIpc) is 2.26. The van der Waals surface area contributed by atoms with Gasteiger partial charge in [0.25, 0.3) is 0 Å². The van der Waals surface area contributed by atoms with Gasteiger partial charge in [-0.25, -0.2) is 0 Å². The summed E-state index contributed by atoms with van der Waals surface area (Å²) in [4.78, 5) is 22.9. The summed E-state index contributed by atoms with van der Waals surface area (Å²) in [7, 11) is 0. The SMILES string of the molecule is CC(C(=O)OC(C)(C)C)C1CCN[C@H](C(=O)O)C1. The van der Waals surface area contributed by atoms with Crippen molar-refractivity contribution in [3.63, 3.8) is 0 Å². The van der Waals surface area contributed by atoms with Gasteiger partial charge in [0.1, 0.15) is 11.6 Å². The van der Waals surface area contributed by atoms with Crippen molar-refractivity contribution in [2.45, 2.75) is 52.2 Å². The van der Waals surface area contributed by atoms with Gasteiger partial charge in [-0.1, -0.05) is 6.92 Å². The number of aliphatic carboxylic acids is 1. The number of hydrogen-bond donors (Lipinski definition) is 2. The predicted molar refractivity (Wildman–Crippen MR) is 67.2 cm³/mol. The predicted octanol–water partition coefficient (Wildman–Crippen LogP) is 1.42. The van der Waals surface area contributed by atoms with Crippen LogP contribution in [-0.2, 0) is 14.3 Å². The van der Waals surface area contributed by atoms with Crippen LogP contribution in [0.2, 0.25) is 0 Å². The molecule has 0 aromatic carbocycles. The maximum absolute atomic E-state index is 11.9. The van der Waals surface area contributed by atoms with E-state index in [0.29, 0.717) is 13.0 Å². The van der Waals surface area contributed by atoms with Crippen LogP contribution in [-0.4, -0.2) is 35.2 Å². The summed E-state index contributed by atoms with van der Waals surface area (Å²) in [6.07, 6.45) is 1.29. The Balaban J connectivity index is 2.58. The topological polar surface area (TPSA) is 75.6 Å². The standard InChI is InChI=1S/C13H23NO4/c1-8(12(17)18-13(2,3)4)9-5-6-14-10(7-9)11(15)16/h8-10,14H,5-7H2,1-4H3,(H,15,16)/t8?,9?,10-/m0/s1. The molecule has 1 aliphatic heterocycles. The lowest BCUT2D eigenvalue weighted by atomic mass is 9.83. The highest BCUT2D eigenvalue weighted by atomic mass is 16.6. The molecule has 0 aromatic heterocycles. The number of ether oxygens (including phenoxy) is 1. The quantitative estimate of drug-likeness (QED) is 0.748. The molecule has 18 heavy (non-hydrogen) atoms. The summed E-state index contributed by atoms with van der Waals surface area (Å²) < 4.78 is 5.34. The zero-order valence-electron chi connectivity index (χ0n) is 11.5. The van der Waals surface area contributed by atoms with Gasteiger partial charge < -0.3 is 15.2 Å². The van der Waals surface area contributed by atoms with Crippen LogP contribution in [0.4, 0.5) is 0 Å². The summed E-state index contributed by atoms with van der Waals surface area (Å²) in [6.45, 7) is 7.96. The Kier molecular flexibility index (Phi) is 4.73. The normalized spacial score (nSPS) is 26.4. The van der Waals surface area contributed by atoms with Crippen molar-refractivity contribution in [2.75, 3.05) is 6.54 Å². The van der Waals surface area contributed by atoms with Crippen molar-refractivity contribution in [2.24, 2.45) is 11.8 Å². The Hall–Kier alpha value is -1.10. The van der Waals surface area contributed by atoms with Crippen LogP contribution in [0.1, 0.15) is 40.5 Å². The van der Waals surface area contributed by atoms with Crippen LogP contribution in [0.5, 0.6) is 0 Å². The Morgan fingerprint density at radius 1 is 1.39 bits per heavy atom. The Morgan fingerprint density at radius 2 is 2.00 bits per heavy atom. The highest BCUT2D eigenvalue weighted by Gasteiger charge is 2.34. The lowest BCUT2D eigenvalue weighted by molar-refractivity contribution is -0.162. The average molecular weight is 257 g/mol. The number of carboxylic acid groups (broad SMARTS) is 1. The minimum Gasteiger partial charge on any atom is -0.480 e. The first-order chi connectivity index (χ1) is 8.20. The van der Waals surface area contributed by atoms with Gasteiger partial charge in [0, 0.05) is 0 Å². The molecule has 5 nitrogen and oxygen atoms in total. The highest BCUT2D eigenvalue weighted by Crippen LogP contribution is 2.27. The second-order valence-electron chi connectivity index (χ2n) is 5.95. The van der Waals surface area contributed by atoms with Crippen LogP contribution < -0.4 is 5.32 Å². The fraction of sp³-hybridized carbons (Fsp3) is 0.846. The maximum atomic E-state index is 11.9. The molecule has 0 amide bonds. The van der Waals surface area contributed by atoms with Gasteiger partial charge in [-0.05, 0) is 46.1 Å². The molecule has 104 valence electrons. The molecule has 0 aliphatic carbocycles. The molecule has 3 atom stereocenters. The van der Waals surface area contributed by atoms with Crippen molar-refractivity contribution in [1.82, 2.24) is 5.32 Å². The summed E-state index contributed by atoms with van der Waals surface area (Å²) in [5, 5.41) is 11.9. The van der Waals surface area contributed by atoms with E-state index in [1.807, 2.05) is 27.7 Å². The summed E-state index contributed by atoms with van der Waals surface area (Å²) in [5.41, 5.74) is -0.496. The molecule has 0 aromatic rings. The first-order valence-corrected chi connectivity index (χ1v) is 6.40. The van der Waals surface area contributed by atoms with Gasteiger partial charge in [-0.15, -0.1) is 0 Å². The van der Waals surface area contributed by atoms with Crippen molar-refractivity contribution >= 4 is 11.9 Å². The van der Waals surface area contributed by atoms with Crippen LogP contribution in [0.3, 0.4) is 0 Å². The Bertz CT molecular complexity index is 321. The lowest BCUT2D eigenvalue weighted by Gasteiger charge is -2.32.